The third-order valence-electron chi connectivity index (χ3n) is 6.29. The number of aromatic nitrogens is 2. The van der Waals surface area contributed by atoms with Crippen LogP contribution in [-0.2, 0) is 6.61 Å². The predicted molar refractivity (Wildman–Crippen MR) is 146 cm³/mol. The van der Waals surface area contributed by atoms with Gasteiger partial charge in [0.05, 0.1) is 12.7 Å². The van der Waals surface area contributed by atoms with E-state index < -0.39 is 0 Å². The van der Waals surface area contributed by atoms with Crippen molar-refractivity contribution in [3.8, 4) is 23.3 Å². The first-order chi connectivity index (χ1) is 18.7. The summed E-state index contributed by atoms with van der Waals surface area (Å²) in [5.41, 5.74) is 3.21. The molecule has 3 aromatic carbocycles. The highest BCUT2D eigenvalue weighted by atomic mass is 16.5. The number of hydrogen-bond donors (Lipinski definition) is 0. The number of anilines is 1. The van der Waals surface area contributed by atoms with E-state index in [-0.39, 0.29) is 5.91 Å². The summed E-state index contributed by atoms with van der Waals surface area (Å²) in [4.78, 5) is 25.8. The fraction of sp³-hybridized carbons (Fsp3) is 0.194. The lowest BCUT2D eigenvalue weighted by Crippen LogP contribution is -2.49. The maximum Gasteiger partial charge on any atom is 0.254 e. The second-order valence-corrected chi connectivity index (χ2v) is 8.79. The Bertz CT molecular complexity index is 1420. The standard InChI is InChI=1S/C31H28N4O3/c1-37-29-15-12-27(30(36)34-18-20-35(21-19-34)31-32-16-5-17-33-31)22-26(29)11-8-24-9-13-28(14-10-24)38-23-25-6-3-2-4-7-25/h2-7,9-10,12-17,22H,18-21,23H2,1H3. The molecule has 1 aliphatic heterocycles. The number of carbonyl (C=O) groups excluding carboxylic acids is 1. The van der Waals surface area contributed by atoms with Crippen LogP contribution in [0.15, 0.2) is 91.3 Å². The van der Waals surface area contributed by atoms with Gasteiger partial charge in [0.15, 0.2) is 0 Å². The lowest BCUT2D eigenvalue weighted by atomic mass is 10.1. The van der Waals surface area contributed by atoms with Gasteiger partial charge in [-0.1, -0.05) is 42.2 Å². The first-order valence-electron chi connectivity index (χ1n) is 12.5. The minimum Gasteiger partial charge on any atom is -0.495 e. The maximum atomic E-state index is 13.2. The van der Waals surface area contributed by atoms with E-state index in [0.717, 1.165) is 16.9 Å². The van der Waals surface area contributed by atoms with Crippen LogP contribution in [0.4, 0.5) is 5.95 Å². The zero-order valence-electron chi connectivity index (χ0n) is 21.2. The summed E-state index contributed by atoms with van der Waals surface area (Å²) in [6.45, 7) is 3.08. The van der Waals surface area contributed by atoms with E-state index in [1.165, 1.54) is 0 Å². The smallest absolute Gasteiger partial charge is 0.254 e. The van der Waals surface area contributed by atoms with Crippen molar-refractivity contribution >= 4 is 11.9 Å². The summed E-state index contributed by atoms with van der Waals surface area (Å²) >= 11 is 0. The van der Waals surface area contributed by atoms with Crippen LogP contribution in [0.2, 0.25) is 0 Å². The minimum absolute atomic E-state index is 0.0238. The molecule has 0 atom stereocenters. The van der Waals surface area contributed by atoms with Gasteiger partial charge in [-0.2, -0.15) is 0 Å². The second kappa shape index (κ2) is 11.9. The Morgan fingerprint density at radius 1 is 0.868 bits per heavy atom. The van der Waals surface area contributed by atoms with Crippen molar-refractivity contribution in [2.75, 3.05) is 38.2 Å². The SMILES string of the molecule is COc1ccc(C(=O)N2CCN(c3ncccn3)CC2)cc1C#Cc1ccc(OCc2ccccc2)cc1. The lowest BCUT2D eigenvalue weighted by molar-refractivity contribution is 0.0746. The Balaban J connectivity index is 1.24. The van der Waals surface area contributed by atoms with Crippen LogP contribution in [0, 0.1) is 11.8 Å². The van der Waals surface area contributed by atoms with Crippen molar-refractivity contribution in [1.29, 1.82) is 0 Å². The molecule has 0 bridgehead atoms. The molecule has 5 rings (SSSR count). The van der Waals surface area contributed by atoms with E-state index in [0.29, 0.717) is 55.6 Å². The number of ether oxygens (including phenoxy) is 2. The van der Waals surface area contributed by atoms with Crippen LogP contribution < -0.4 is 14.4 Å². The topological polar surface area (TPSA) is 67.8 Å². The molecule has 4 aromatic rings. The summed E-state index contributed by atoms with van der Waals surface area (Å²) in [5, 5.41) is 0. The third kappa shape index (κ3) is 6.11. The molecule has 2 heterocycles. The highest BCUT2D eigenvalue weighted by Gasteiger charge is 2.23. The van der Waals surface area contributed by atoms with Gasteiger partial charge in [-0.05, 0) is 54.1 Å². The Hall–Kier alpha value is -4.83. The van der Waals surface area contributed by atoms with Crippen LogP contribution in [-0.4, -0.2) is 54.1 Å². The number of benzene rings is 3. The molecule has 190 valence electrons. The molecule has 7 nitrogen and oxygen atoms in total. The highest BCUT2D eigenvalue weighted by molar-refractivity contribution is 5.95. The first kappa shape index (κ1) is 24.8. The molecule has 38 heavy (non-hydrogen) atoms. The van der Waals surface area contributed by atoms with Crippen molar-refractivity contribution in [3.05, 3.63) is 114 Å². The molecule has 1 saturated heterocycles. The van der Waals surface area contributed by atoms with E-state index >= 15 is 0 Å². The monoisotopic (exact) mass is 504 g/mol. The summed E-state index contributed by atoms with van der Waals surface area (Å²) in [6.07, 6.45) is 3.46. The molecule has 0 N–H and O–H groups in total. The normalized spacial score (nSPS) is 12.9. The Labute approximate surface area is 222 Å². The van der Waals surface area contributed by atoms with Gasteiger partial charge in [-0.25, -0.2) is 9.97 Å². The predicted octanol–water partition coefficient (Wildman–Crippen LogP) is 4.43. The molecular formula is C31H28N4O3. The van der Waals surface area contributed by atoms with Gasteiger partial charge in [0.25, 0.3) is 5.91 Å². The second-order valence-electron chi connectivity index (χ2n) is 8.79. The summed E-state index contributed by atoms with van der Waals surface area (Å²) < 4.78 is 11.4. The molecule has 1 aromatic heterocycles. The zero-order chi connectivity index (χ0) is 26.2. The van der Waals surface area contributed by atoms with Gasteiger partial charge in [0.2, 0.25) is 5.95 Å². The minimum atomic E-state index is -0.0238. The average molecular weight is 505 g/mol. The number of nitrogens with zero attached hydrogens (tertiary/aromatic N) is 4. The molecular weight excluding hydrogens is 476 g/mol. The van der Waals surface area contributed by atoms with Gasteiger partial charge < -0.3 is 19.3 Å². The van der Waals surface area contributed by atoms with Crippen molar-refractivity contribution < 1.29 is 14.3 Å². The fourth-order valence-electron chi connectivity index (χ4n) is 4.20. The largest absolute Gasteiger partial charge is 0.495 e. The van der Waals surface area contributed by atoms with Gasteiger partial charge in [-0.3, -0.25) is 4.79 Å². The lowest BCUT2D eigenvalue weighted by Gasteiger charge is -2.34. The number of piperazine rings is 1. The summed E-state index contributed by atoms with van der Waals surface area (Å²) in [6, 6.07) is 24.9. The summed E-state index contributed by atoms with van der Waals surface area (Å²) in [7, 11) is 1.60. The molecule has 0 unspecified atom stereocenters. The van der Waals surface area contributed by atoms with Crippen molar-refractivity contribution in [3.63, 3.8) is 0 Å². The maximum absolute atomic E-state index is 13.2. The van der Waals surface area contributed by atoms with Crippen molar-refractivity contribution in [1.82, 2.24) is 14.9 Å². The number of hydrogen-bond acceptors (Lipinski definition) is 6. The number of methoxy groups -OCH3 is 1. The van der Waals surface area contributed by atoms with Crippen molar-refractivity contribution in [2.24, 2.45) is 0 Å². The molecule has 1 fully saturated rings. The molecule has 7 heteroatoms. The molecule has 1 amide bonds. The van der Waals surface area contributed by atoms with Gasteiger partial charge in [0.1, 0.15) is 18.1 Å². The molecule has 0 radical (unpaired) electrons. The van der Waals surface area contributed by atoms with E-state index in [9.17, 15) is 4.79 Å². The Morgan fingerprint density at radius 2 is 1.61 bits per heavy atom. The summed E-state index contributed by atoms with van der Waals surface area (Å²) in [5.74, 6) is 8.43. The van der Waals surface area contributed by atoms with Crippen LogP contribution in [0.1, 0.15) is 27.0 Å². The molecule has 1 aliphatic rings. The van der Waals surface area contributed by atoms with Crippen LogP contribution in [0.25, 0.3) is 0 Å². The molecule has 0 aliphatic carbocycles. The Kier molecular flexibility index (Phi) is 7.80. The highest BCUT2D eigenvalue weighted by Crippen LogP contribution is 2.21. The number of amides is 1. The van der Waals surface area contributed by atoms with Gasteiger partial charge in [-0.15, -0.1) is 0 Å². The van der Waals surface area contributed by atoms with Crippen LogP contribution in [0.5, 0.6) is 11.5 Å². The number of rotatable bonds is 6. The quantitative estimate of drug-likeness (QED) is 0.362. The van der Waals surface area contributed by atoms with E-state index in [1.54, 1.807) is 43.8 Å². The van der Waals surface area contributed by atoms with Crippen LogP contribution in [0.3, 0.4) is 0 Å². The van der Waals surface area contributed by atoms with E-state index in [4.69, 9.17) is 9.47 Å². The van der Waals surface area contributed by atoms with E-state index in [1.807, 2.05) is 59.5 Å². The Morgan fingerprint density at radius 3 is 2.32 bits per heavy atom. The molecule has 0 spiro atoms. The van der Waals surface area contributed by atoms with E-state index in [2.05, 4.69) is 26.7 Å². The first-order valence-corrected chi connectivity index (χ1v) is 12.5. The van der Waals surface area contributed by atoms with Crippen molar-refractivity contribution in [2.45, 2.75) is 6.61 Å². The average Bonchev–Trinajstić information content (AvgIpc) is 3.00. The number of carbonyl (C=O) groups is 1. The zero-order valence-corrected chi connectivity index (χ0v) is 21.2. The van der Waals surface area contributed by atoms with Crippen LogP contribution >= 0.6 is 0 Å². The molecule has 0 saturated carbocycles. The third-order valence-corrected chi connectivity index (χ3v) is 6.29. The van der Waals surface area contributed by atoms with Gasteiger partial charge in [0, 0.05) is 49.7 Å². The van der Waals surface area contributed by atoms with Gasteiger partial charge >= 0.3 is 0 Å². The fourth-order valence-corrected chi connectivity index (χ4v) is 4.20.